The van der Waals surface area contributed by atoms with Crippen LogP contribution < -0.4 is 22.7 Å². The van der Waals surface area contributed by atoms with Crippen molar-refractivity contribution < 1.29 is 52.0 Å². The van der Waals surface area contributed by atoms with Crippen molar-refractivity contribution in [2.45, 2.75) is 50.0 Å². The number of aliphatic hydroxyl groups is 1. The third-order valence-corrected chi connectivity index (χ3v) is 7.68. The number of aromatic nitrogens is 4. The van der Waals surface area contributed by atoms with Gasteiger partial charge in [-0.05, 0) is 13.0 Å². The molecule has 4 rings (SSSR count). The first-order valence-corrected chi connectivity index (χ1v) is 14.6. The number of hydrogen-bond acceptors (Lipinski definition) is 13. The molecule has 0 saturated carbocycles. The molecule has 2 aliphatic heterocycles. The summed E-state index contributed by atoms with van der Waals surface area (Å²) < 4.78 is 51.6. The summed E-state index contributed by atoms with van der Waals surface area (Å²) in [5, 5.41) is 10.6. The Hall–Kier alpha value is -2.54. The average molecular weight is 611 g/mol. The van der Waals surface area contributed by atoms with Gasteiger partial charge in [0.15, 0.2) is 0 Å². The minimum Gasteiger partial charge on any atom is -0.388 e. The van der Waals surface area contributed by atoms with Crippen LogP contribution in [0.25, 0.3) is 0 Å². The number of anilines is 1. The summed E-state index contributed by atoms with van der Waals surface area (Å²) in [6.45, 7) is -0.152. The fourth-order valence-corrected chi connectivity index (χ4v) is 5.51. The molecule has 1 unspecified atom stereocenters. The molecule has 2 saturated heterocycles. The van der Waals surface area contributed by atoms with Crippen LogP contribution in [0.1, 0.15) is 24.3 Å². The molecule has 0 radical (unpaired) electrons. The summed E-state index contributed by atoms with van der Waals surface area (Å²) in [6, 6.07) is 0.364. The number of phosphoric acid groups is 2. The zero-order chi connectivity index (χ0) is 29.4. The van der Waals surface area contributed by atoms with Gasteiger partial charge in [-0.25, -0.2) is 18.7 Å². The summed E-state index contributed by atoms with van der Waals surface area (Å²) in [7, 11) is -9.90. The van der Waals surface area contributed by atoms with Gasteiger partial charge in [0.1, 0.15) is 36.5 Å². The maximum Gasteiger partial charge on any atom is 0.472 e. The van der Waals surface area contributed by atoms with Gasteiger partial charge in [-0.15, -0.1) is 0 Å². The van der Waals surface area contributed by atoms with Crippen LogP contribution >= 0.6 is 15.6 Å². The molecule has 2 aliphatic rings. The van der Waals surface area contributed by atoms with Gasteiger partial charge in [-0.2, -0.15) is 4.98 Å². The molecule has 7 atom stereocenters. The van der Waals surface area contributed by atoms with Crippen molar-refractivity contribution in [2.75, 3.05) is 25.6 Å². The maximum atomic E-state index is 12.8. The van der Waals surface area contributed by atoms with Crippen LogP contribution in [0.5, 0.6) is 0 Å². The normalized spacial score (nSPS) is 28.5. The lowest BCUT2D eigenvalue weighted by molar-refractivity contribution is -0.0482. The molecular formula is C19H27N5O14P2. The molecule has 0 spiro atoms. The van der Waals surface area contributed by atoms with E-state index in [2.05, 4.69) is 14.5 Å². The van der Waals surface area contributed by atoms with Crippen molar-refractivity contribution in [3.8, 4) is 0 Å². The Morgan fingerprint density at radius 3 is 2.52 bits per heavy atom. The SMILES string of the molecule is Cc1cn([C@@H]2CO[C@H](COP(=O)(O)O[C@H]3C[C@H](n4ccc(N)nc4=O)O[C@@H]3COP(=O)(O)O)[C@H]2O)c(=O)[nH]c1=O. The number of phosphoric ester groups is 2. The summed E-state index contributed by atoms with van der Waals surface area (Å²) >= 11 is 0. The number of nitrogens with one attached hydrogen (secondary N) is 1. The molecule has 7 N–H and O–H groups in total. The van der Waals surface area contributed by atoms with E-state index in [0.717, 1.165) is 9.13 Å². The highest BCUT2D eigenvalue weighted by molar-refractivity contribution is 7.47. The zero-order valence-electron chi connectivity index (χ0n) is 20.7. The Balaban J connectivity index is 1.42. The highest BCUT2D eigenvalue weighted by atomic mass is 31.2. The molecule has 2 fully saturated rings. The second-order valence-corrected chi connectivity index (χ2v) is 11.7. The predicted molar refractivity (Wildman–Crippen MR) is 131 cm³/mol. The number of rotatable bonds is 10. The first kappa shape index (κ1) is 30.4. The lowest BCUT2D eigenvalue weighted by atomic mass is 10.1. The minimum atomic E-state index is -4.96. The van der Waals surface area contributed by atoms with E-state index in [1.165, 1.54) is 25.4 Å². The summed E-state index contributed by atoms with van der Waals surface area (Å²) in [6.07, 6.45) is -4.13. The van der Waals surface area contributed by atoms with Gasteiger partial charge in [0.2, 0.25) is 0 Å². The van der Waals surface area contributed by atoms with Gasteiger partial charge in [-0.3, -0.25) is 32.5 Å². The van der Waals surface area contributed by atoms with Crippen LogP contribution in [-0.4, -0.2) is 83.1 Å². The topological polar surface area (TPSA) is 277 Å². The number of ether oxygens (including phenoxy) is 2. The van der Waals surface area contributed by atoms with Gasteiger partial charge in [0, 0.05) is 24.4 Å². The largest absolute Gasteiger partial charge is 0.472 e. The fourth-order valence-electron chi connectivity index (χ4n) is 4.21. The highest BCUT2D eigenvalue weighted by Crippen LogP contribution is 2.49. The van der Waals surface area contributed by atoms with Gasteiger partial charge >= 0.3 is 27.0 Å². The second kappa shape index (κ2) is 11.8. The van der Waals surface area contributed by atoms with E-state index >= 15 is 0 Å². The second-order valence-electron chi connectivity index (χ2n) is 9.01. The summed E-state index contributed by atoms with van der Waals surface area (Å²) in [4.78, 5) is 70.1. The van der Waals surface area contributed by atoms with Crippen LogP contribution in [-0.2, 0) is 32.2 Å². The summed E-state index contributed by atoms with van der Waals surface area (Å²) in [5.41, 5.74) is 3.50. The maximum absolute atomic E-state index is 12.8. The fraction of sp³-hybridized carbons (Fsp3) is 0.579. The van der Waals surface area contributed by atoms with Gasteiger partial charge in [-0.1, -0.05) is 0 Å². The smallest absolute Gasteiger partial charge is 0.388 e. The average Bonchev–Trinajstić information content (AvgIpc) is 3.40. The molecule has 2 aromatic heterocycles. The monoisotopic (exact) mass is 611 g/mol. The van der Waals surface area contributed by atoms with Crippen molar-refractivity contribution in [1.29, 1.82) is 0 Å². The van der Waals surface area contributed by atoms with Crippen molar-refractivity contribution in [2.24, 2.45) is 0 Å². The minimum absolute atomic E-state index is 0.0687. The Bertz CT molecular complexity index is 1500. The number of nitrogens with zero attached hydrogens (tertiary/aromatic N) is 3. The number of aliphatic hydroxyl groups excluding tert-OH is 1. The van der Waals surface area contributed by atoms with E-state index in [-0.39, 0.29) is 24.4 Å². The lowest BCUT2D eigenvalue weighted by Gasteiger charge is -2.23. The molecule has 0 amide bonds. The number of aryl methyl sites for hydroxylation is 1. The number of nitrogens with two attached hydrogens (primary N) is 1. The third-order valence-electron chi connectivity index (χ3n) is 6.18. The highest BCUT2D eigenvalue weighted by Gasteiger charge is 2.44. The molecular weight excluding hydrogens is 584 g/mol. The van der Waals surface area contributed by atoms with Gasteiger partial charge in [0.05, 0.1) is 25.9 Å². The molecule has 4 heterocycles. The van der Waals surface area contributed by atoms with Crippen molar-refractivity contribution in [1.82, 2.24) is 19.1 Å². The molecule has 2 aromatic rings. The lowest BCUT2D eigenvalue weighted by Crippen LogP contribution is -2.39. The van der Waals surface area contributed by atoms with E-state index in [1.54, 1.807) is 0 Å². The van der Waals surface area contributed by atoms with Crippen LogP contribution in [0, 0.1) is 6.92 Å². The zero-order valence-corrected chi connectivity index (χ0v) is 22.5. The quantitative estimate of drug-likeness (QED) is 0.157. The predicted octanol–water partition coefficient (Wildman–Crippen LogP) is -2.12. The molecule has 19 nitrogen and oxygen atoms in total. The van der Waals surface area contributed by atoms with Crippen molar-refractivity contribution in [3.05, 3.63) is 55.3 Å². The first-order chi connectivity index (χ1) is 18.6. The Morgan fingerprint density at radius 2 is 1.85 bits per heavy atom. The first-order valence-electron chi connectivity index (χ1n) is 11.6. The summed E-state index contributed by atoms with van der Waals surface area (Å²) in [5.74, 6) is -0.0687. The van der Waals surface area contributed by atoms with Crippen LogP contribution in [0.2, 0.25) is 0 Å². The molecule has 0 aromatic carbocycles. The molecule has 0 aliphatic carbocycles. The number of H-pyrrole nitrogens is 1. The number of hydrogen-bond donors (Lipinski definition) is 6. The van der Waals surface area contributed by atoms with Crippen molar-refractivity contribution in [3.63, 3.8) is 0 Å². The molecule has 222 valence electrons. The van der Waals surface area contributed by atoms with E-state index in [9.17, 15) is 33.5 Å². The Labute approximate surface area is 223 Å². The van der Waals surface area contributed by atoms with Crippen molar-refractivity contribution >= 4 is 21.5 Å². The molecule has 0 bridgehead atoms. The van der Waals surface area contributed by atoms with E-state index in [1.807, 2.05) is 0 Å². The number of nitrogen functional groups attached to an aromatic ring is 1. The van der Waals surface area contributed by atoms with Crippen LogP contribution in [0.4, 0.5) is 5.82 Å². The molecule has 21 heteroatoms. The standard InChI is InChI=1S/C19H27N5O14P2/c1-9-5-24(19(28)22-17(9)26)10-6-34-13(16(10)25)8-36-40(32,33)38-11-4-15(23-3-2-14(20)21-18(23)27)37-12(11)7-35-39(29,30)31/h2-3,5,10-13,15-16,25H,4,6-8H2,1H3,(H,32,33)(H2,20,21,27)(H,22,26,28)(H2,29,30,31)/t10-,11+,12-,13-,15-,16+/m1/s1. The van der Waals surface area contributed by atoms with Crippen LogP contribution in [0.3, 0.4) is 0 Å². The molecule has 40 heavy (non-hydrogen) atoms. The Morgan fingerprint density at radius 1 is 1.15 bits per heavy atom. The van der Waals surface area contributed by atoms with E-state index < -0.39 is 82.5 Å². The Kier molecular flexibility index (Phi) is 8.94. The van der Waals surface area contributed by atoms with Gasteiger partial charge < -0.3 is 35.0 Å². The van der Waals surface area contributed by atoms with Gasteiger partial charge in [0.25, 0.3) is 5.56 Å². The number of aromatic amines is 1. The van der Waals surface area contributed by atoms with Crippen LogP contribution in [0.15, 0.2) is 32.8 Å². The van der Waals surface area contributed by atoms with E-state index in [0.29, 0.717) is 0 Å². The third kappa shape index (κ3) is 7.20. The van der Waals surface area contributed by atoms with E-state index in [4.69, 9.17) is 34.0 Å².